The van der Waals surface area contributed by atoms with E-state index in [0.717, 1.165) is 22.8 Å². The van der Waals surface area contributed by atoms with Crippen molar-refractivity contribution in [3.8, 4) is 0 Å². The molecule has 4 heteroatoms. The van der Waals surface area contributed by atoms with Crippen molar-refractivity contribution in [2.75, 3.05) is 0 Å². The maximum Gasteiger partial charge on any atom is 0.0630 e. The van der Waals surface area contributed by atoms with Gasteiger partial charge in [-0.3, -0.25) is 9.98 Å². The molecule has 2 aromatic carbocycles. The molecule has 0 amide bonds. The fourth-order valence-corrected chi connectivity index (χ4v) is 2.17. The predicted molar refractivity (Wildman–Crippen MR) is 109 cm³/mol. The third-order valence-electron chi connectivity index (χ3n) is 3.46. The van der Waals surface area contributed by atoms with Crippen LogP contribution in [0.1, 0.15) is 11.4 Å². The molecule has 0 saturated heterocycles. The van der Waals surface area contributed by atoms with Crippen LogP contribution < -0.4 is 0 Å². The Morgan fingerprint density at radius 3 is 1.27 bits per heavy atom. The number of aromatic nitrogens is 2. The van der Waals surface area contributed by atoms with E-state index in [1.807, 2.05) is 110 Å². The number of hydrogen-bond donors (Lipinski definition) is 2. The molecule has 0 saturated carbocycles. The normalized spacial score (nSPS) is 10.8. The van der Waals surface area contributed by atoms with E-state index in [1.165, 1.54) is 0 Å². The van der Waals surface area contributed by atoms with Crippen LogP contribution in [-0.2, 0) is 0 Å². The summed E-state index contributed by atoms with van der Waals surface area (Å²) in [5.41, 5.74) is 3.97. The van der Waals surface area contributed by atoms with Gasteiger partial charge in [0.15, 0.2) is 0 Å². The number of nitrogens with zero attached hydrogens (tertiary/aromatic N) is 2. The lowest BCUT2D eigenvalue weighted by atomic mass is 10.3. The largest absolute Gasteiger partial charge is 0.360 e. The van der Waals surface area contributed by atoms with Crippen LogP contribution in [0.3, 0.4) is 0 Å². The minimum Gasteiger partial charge on any atom is -0.360 e. The second-order valence-electron chi connectivity index (χ2n) is 5.44. The van der Waals surface area contributed by atoms with Crippen LogP contribution >= 0.6 is 0 Å². The zero-order valence-corrected chi connectivity index (χ0v) is 14.3. The summed E-state index contributed by atoms with van der Waals surface area (Å²) in [6.07, 6.45) is 7.39. The zero-order valence-electron chi connectivity index (χ0n) is 14.3. The summed E-state index contributed by atoms with van der Waals surface area (Å²) in [4.78, 5) is 14.7. The molecule has 2 heterocycles. The molecule has 2 N–H and O–H groups in total. The molecule has 4 nitrogen and oxygen atoms in total. The van der Waals surface area contributed by atoms with Gasteiger partial charge in [-0.2, -0.15) is 0 Å². The Morgan fingerprint density at radius 2 is 0.923 bits per heavy atom. The maximum atomic E-state index is 4.29. The molecule has 0 atom stereocenters. The number of aromatic amines is 2. The van der Waals surface area contributed by atoms with E-state index in [0.29, 0.717) is 0 Å². The van der Waals surface area contributed by atoms with E-state index in [1.54, 1.807) is 0 Å². The van der Waals surface area contributed by atoms with Crippen LogP contribution in [0.2, 0.25) is 0 Å². The van der Waals surface area contributed by atoms with E-state index in [9.17, 15) is 0 Å². The van der Waals surface area contributed by atoms with Gasteiger partial charge in [0.05, 0.1) is 35.2 Å². The Labute approximate surface area is 153 Å². The summed E-state index contributed by atoms with van der Waals surface area (Å²) in [6.45, 7) is 0. The van der Waals surface area contributed by atoms with Crippen molar-refractivity contribution in [2.24, 2.45) is 9.98 Å². The first kappa shape index (κ1) is 17.2. The van der Waals surface area contributed by atoms with Gasteiger partial charge in [0, 0.05) is 12.4 Å². The van der Waals surface area contributed by atoms with Crippen molar-refractivity contribution < 1.29 is 0 Å². The Kier molecular flexibility index (Phi) is 6.33. The van der Waals surface area contributed by atoms with E-state index < -0.39 is 0 Å². The fourth-order valence-electron chi connectivity index (χ4n) is 2.17. The van der Waals surface area contributed by atoms with E-state index >= 15 is 0 Å². The van der Waals surface area contributed by atoms with Gasteiger partial charge in [-0.05, 0) is 48.5 Å². The molecule has 0 radical (unpaired) electrons. The molecule has 0 bridgehead atoms. The third kappa shape index (κ3) is 5.76. The second kappa shape index (κ2) is 9.59. The summed E-state index contributed by atoms with van der Waals surface area (Å²) in [6, 6.07) is 27.6. The predicted octanol–water partition coefficient (Wildman–Crippen LogP) is 5.53. The van der Waals surface area contributed by atoms with Crippen LogP contribution in [0, 0.1) is 0 Å². The minimum absolute atomic E-state index is 0.970. The van der Waals surface area contributed by atoms with Crippen molar-refractivity contribution in [2.45, 2.75) is 0 Å². The summed E-state index contributed by atoms with van der Waals surface area (Å²) in [5, 5.41) is 0. The third-order valence-corrected chi connectivity index (χ3v) is 3.46. The van der Waals surface area contributed by atoms with Crippen LogP contribution in [-0.4, -0.2) is 22.4 Å². The Hall–Kier alpha value is -3.66. The van der Waals surface area contributed by atoms with Gasteiger partial charge in [0.1, 0.15) is 0 Å². The van der Waals surface area contributed by atoms with Crippen LogP contribution in [0.5, 0.6) is 0 Å². The highest BCUT2D eigenvalue weighted by Gasteiger charge is 1.87. The van der Waals surface area contributed by atoms with Gasteiger partial charge in [-0.1, -0.05) is 36.4 Å². The van der Waals surface area contributed by atoms with E-state index in [4.69, 9.17) is 0 Å². The van der Waals surface area contributed by atoms with Gasteiger partial charge in [0.2, 0.25) is 0 Å². The molecule has 0 aliphatic carbocycles. The first-order chi connectivity index (χ1) is 12.9. The smallest absolute Gasteiger partial charge is 0.0630 e. The van der Waals surface area contributed by atoms with Crippen molar-refractivity contribution in [3.05, 3.63) is 109 Å². The van der Waals surface area contributed by atoms with Gasteiger partial charge in [-0.15, -0.1) is 0 Å². The number of benzene rings is 2. The molecule has 0 unspecified atom stereocenters. The highest BCUT2D eigenvalue weighted by atomic mass is 14.8. The minimum atomic E-state index is 0.970. The number of aliphatic imine (C=N–C) groups is 2. The molecule has 0 spiro atoms. The average molecular weight is 340 g/mol. The number of para-hydroxylation sites is 2. The number of H-pyrrole nitrogens is 2. The molecule has 2 aromatic heterocycles. The standard InChI is InChI=1S/2C11H10N2/c2*1-2-5-10(6-3-1)13-9-11-7-4-8-12-11/h2*1-9,12H. The first-order valence-corrected chi connectivity index (χ1v) is 8.35. The molecule has 0 aliphatic rings. The van der Waals surface area contributed by atoms with Crippen molar-refractivity contribution in [1.82, 2.24) is 9.97 Å². The highest BCUT2D eigenvalue weighted by molar-refractivity contribution is 5.80. The molecule has 4 aromatic rings. The highest BCUT2D eigenvalue weighted by Crippen LogP contribution is 2.09. The van der Waals surface area contributed by atoms with Gasteiger partial charge in [-0.25, -0.2) is 0 Å². The Bertz CT molecular complexity index is 827. The molecule has 128 valence electrons. The van der Waals surface area contributed by atoms with Gasteiger partial charge in [0.25, 0.3) is 0 Å². The summed E-state index contributed by atoms with van der Waals surface area (Å²) >= 11 is 0. The van der Waals surface area contributed by atoms with Crippen LogP contribution in [0.15, 0.2) is 107 Å². The second-order valence-corrected chi connectivity index (χ2v) is 5.44. The molecule has 0 fully saturated rings. The Balaban J connectivity index is 0.000000151. The number of nitrogens with one attached hydrogen (secondary N) is 2. The molecular formula is C22H20N4. The van der Waals surface area contributed by atoms with Gasteiger partial charge < -0.3 is 9.97 Å². The lowest BCUT2D eigenvalue weighted by molar-refractivity contribution is 1.38. The van der Waals surface area contributed by atoms with E-state index in [2.05, 4.69) is 20.0 Å². The van der Waals surface area contributed by atoms with Crippen LogP contribution in [0.4, 0.5) is 11.4 Å². The SMILES string of the molecule is C(=Nc1ccccc1)c1ccc[nH]1.C(=Nc1ccccc1)c1ccc[nH]1. The average Bonchev–Trinajstić information content (AvgIpc) is 3.41. The number of rotatable bonds is 4. The van der Waals surface area contributed by atoms with Crippen molar-refractivity contribution >= 4 is 23.8 Å². The maximum absolute atomic E-state index is 4.29. The van der Waals surface area contributed by atoms with Gasteiger partial charge >= 0.3 is 0 Å². The lowest BCUT2D eigenvalue weighted by Gasteiger charge is -1.89. The molecule has 26 heavy (non-hydrogen) atoms. The molecule has 0 aliphatic heterocycles. The number of hydrogen-bond acceptors (Lipinski definition) is 2. The zero-order chi connectivity index (χ0) is 17.9. The molecular weight excluding hydrogens is 320 g/mol. The Morgan fingerprint density at radius 1 is 0.500 bits per heavy atom. The summed E-state index contributed by atoms with van der Waals surface area (Å²) in [5.74, 6) is 0. The fraction of sp³-hybridized carbons (Fsp3) is 0. The monoisotopic (exact) mass is 340 g/mol. The van der Waals surface area contributed by atoms with Crippen molar-refractivity contribution in [1.29, 1.82) is 0 Å². The summed E-state index contributed by atoms with van der Waals surface area (Å²) in [7, 11) is 0. The topological polar surface area (TPSA) is 56.3 Å². The molecule has 4 rings (SSSR count). The quantitative estimate of drug-likeness (QED) is 0.459. The van der Waals surface area contributed by atoms with E-state index in [-0.39, 0.29) is 0 Å². The van der Waals surface area contributed by atoms with Crippen molar-refractivity contribution in [3.63, 3.8) is 0 Å². The summed E-state index contributed by atoms with van der Waals surface area (Å²) < 4.78 is 0. The van der Waals surface area contributed by atoms with Crippen LogP contribution in [0.25, 0.3) is 0 Å². The first-order valence-electron chi connectivity index (χ1n) is 8.35. The lowest BCUT2D eigenvalue weighted by Crippen LogP contribution is -1.77.